The van der Waals surface area contributed by atoms with Crippen molar-refractivity contribution >= 4 is 6.29 Å². The van der Waals surface area contributed by atoms with Gasteiger partial charge in [0, 0.05) is 17.3 Å². The predicted octanol–water partition coefficient (Wildman–Crippen LogP) is 3.50. The molecule has 1 aromatic heterocycles. The van der Waals surface area contributed by atoms with E-state index in [0.717, 1.165) is 24.7 Å². The first kappa shape index (κ1) is 13.0. The molecule has 0 radical (unpaired) electrons. The first-order valence-corrected chi connectivity index (χ1v) is 6.84. The summed E-state index contributed by atoms with van der Waals surface area (Å²) in [5, 5.41) is 4.49. The Labute approximate surface area is 117 Å². The summed E-state index contributed by atoms with van der Waals surface area (Å²) in [5.41, 5.74) is 1.51. The average molecular weight is 272 g/mol. The van der Waals surface area contributed by atoms with Gasteiger partial charge in [-0.05, 0) is 44.7 Å². The Hall–Kier alpha value is -1.97. The molecule has 20 heavy (non-hydrogen) atoms. The molecule has 3 nitrogen and oxygen atoms in total. The lowest BCUT2D eigenvalue weighted by Gasteiger charge is -2.17. The first-order chi connectivity index (χ1) is 9.53. The lowest BCUT2D eigenvalue weighted by atomic mass is 10.0. The fraction of sp³-hybridized carbons (Fsp3) is 0.375. The molecule has 1 fully saturated rings. The molecule has 0 aliphatic heterocycles. The molecule has 0 unspecified atom stereocenters. The molecular weight excluding hydrogens is 255 g/mol. The lowest BCUT2D eigenvalue weighted by Crippen LogP contribution is -2.28. The minimum absolute atomic E-state index is 0.274. The van der Waals surface area contributed by atoms with Gasteiger partial charge in [0.05, 0.1) is 5.69 Å². The van der Waals surface area contributed by atoms with Crippen molar-refractivity contribution in [3.8, 4) is 11.3 Å². The Morgan fingerprint density at radius 3 is 2.65 bits per heavy atom. The van der Waals surface area contributed by atoms with Crippen LogP contribution < -0.4 is 0 Å². The van der Waals surface area contributed by atoms with Crippen molar-refractivity contribution in [3.05, 3.63) is 41.8 Å². The van der Waals surface area contributed by atoms with Crippen molar-refractivity contribution in [1.29, 1.82) is 0 Å². The van der Waals surface area contributed by atoms with Crippen molar-refractivity contribution in [2.24, 2.45) is 0 Å². The molecule has 0 spiro atoms. The SMILES string of the molecule is CC(C)(C=O)n1cc(C2CC2)c(-c2ccccc2F)n1. The van der Waals surface area contributed by atoms with Crippen LogP contribution in [0.3, 0.4) is 0 Å². The fourth-order valence-corrected chi connectivity index (χ4v) is 2.29. The molecule has 1 heterocycles. The molecule has 1 saturated carbocycles. The number of halogens is 1. The van der Waals surface area contributed by atoms with Crippen molar-refractivity contribution < 1.29 is 9.18 Å². The van der Waals surface area contributed by atoms with Gasteiger partial charge in [0.15, 0.2) is 0 Å². The van der Waals surface area contributed by atoms with E-state index in [4.69, 9.17) is 0 Å². The van der Waals surface area contributed by atoms with Crippen LogP contribution in [0.4, 0.5) is 4.39 Å². The minimum Gasteiger partial charge on any atom is -0.301 e. The van der Waals surface area contributed by atoms with E-state index in [2.05, 4.69) is 5.10 Å². The average Bonchev–Trinajstić information content (AvgIpc) is 3.18. The maximum absolute atomic E-state index is 14.0. The number of hydrogen-bond acceptors (Lipinski definition) is 2. The summed E-state index contributed by atoms with van der Waals surface area (Å²) in [7, 11) is 0. The number of benzene rings is 1. The highest BCUT2D eigenvalue weighted by Gasteiger charge is 2.32. The van der Waals surface area contributed by atoms with E-state index in [1.807, 2.05) is 6.20 Å². The van der Waals surface area contributed by atoms with Crippen LogP contribution in [0.15, 0.2) is 30.5 Å². The molecule has 0 amide bonds. The van der Waals surface area contributed by atoms with E-state index in [1.165, 1.54) is 6.07 Å². The number of rotatable bonds is 4. The topological polar surface area (TPSA) is 34.9 Å². The number of hydrogen-bond donors (Lipinski definition) is 0. The van der Waals surface area contributed by atoms with Crippen LogP contribution in [0.25, 0.3) is 11.3 Å². The van der Waals surface area contributed by atoms with E-state index in [-0.39, 0.29) is 5.82 Å². The Morgan fingerprint density at radius 1 is 1.35 bits per heavy atom. The molecule has 0 N–H and O–H groups in total. The third kappa shape index (κ3) is 2.15. The van der Waals surface area contributed by atoms with E-state index < -0.39 is 5.54 Å². The van der Waals surface area contributed by atoms with Crippen molar-refractivity contribution in [1.82, 2.24) is 9.78 Å². The van der Waals surface area contributed by atoms with Gasteiger partial charge >= 0.3 is 0 Å². The number of aldehydes is 1. The van der Waals surface area contributed by atoms with Crippen LogP contribution >= 0.6 is 0 Å². The number of aromatic nitrogens is 2. The predicted molar refractivity (Wildman–Crippen MR) is 75.0 cm³/mol. The standard InChI is InChI=1S/C16H17FN2O/c1-16(2,10-20)19-9-13(11-7-8-11)15(18-19)12-5-3-4-6-14(12)17/h3-6,9-11H,7-8H2,1-2H3. The summed E-state index contributed by atoms with van der Waals surface area (Å²) < 4.78 is 15.7. The normalized spacial score (nSPS) is 15.3. The molecule has 0 saturated heterocycles. The molecule has 0 bridgehead atoms. The Morgan fingerprint density at radius 2 is 2.05 bits per heavy atom. The largest absolute Gasteiger partial charge is 0.301 e. The van der Waals surface area contributed by atoms with E-state index >= 15 is 0 Å². The minimum atomic E-state index is -0.715. The summed E-state index contributed by atoms with van der Waals surface area (Å²) in [5.74, 6) is 0.171. The monoisotopic (exact) mass is 272 g/mol. The third-order valence-electron chi connectivity index (χ3n) is 3.77. The summed E-state index contributed by atoms with van der Waals surface area (Å²) in [4.78, 5) is 11.2. The van der Waals surface area contributed by atoms with Crippen LogP contribution in [-0.4, -0.2) is 16.1 Å². The molecule has 4 heteroatoms. The maximum atomic E-state index is 14.0. The molecule has 1 aliphatic carbocycles. The third-order valence-corrected chi connectivity index (χ3v) is 3.77. The van der Waals surface area contributed by atoms with Gasteiger partial charge < -0.3 is 4.79 Å². The smallest absolute Gasteiger partial charge is 0.147 e. The molecule has 1 aliphatic rings. The second-order valence-corrected chi connectivity index (χ2v) is 5.90. The second-order valence-electron chi connectivity index (χ2n) is 5.90. The van der Waals surface area contributed by atoms with Crippen LogP contribution in [0, 0.1) is 5.82 Å². The molecule has 3 rings (SSSR count). The number of carbonyl (C=O) groups excluding carboxylic acids is 1. The van der Waals surface area contributed by atoms with Crippen LogP contribution in [0.2, 0.25) is 0 Å². The summed E-state index contributed by atoms with van der Waals surface area (Å²) >= 11 is 0. The van der Waals surface area contributed by atoms with E-state index in [1.54, 1.807) is 36.7 Å². The van der Waals surface area contributed by atoms with Crippen molar-refractivity contribution in [2.45, 2.75) is 38.1 Å². The highest BCUT2D eigenvalue weighted by atomic mass is 19.1. The number of nitrogens with zero attached hydrogens (tertiary/aromatic N) is 2. The second kappa shape index (κ2) is 4.54. The van der Waals surface area contributed by atoms with Crippen molar-refractivity contribution in [2.75, 3.05) is 0 Å². The molecular formula is C16H17FN2O. The first-order valence-electron chi connectivity index (χ1n) is 6.84. The fourth-order valence-electron chi connectivity index (χ4n) is 2.29. The summed E-state index contributed by atoms with van der Waals surface area (Å²) in [6, 6.07) is 6.65. The zero-order valence-corrected chi connectivity index (χ0v) is 11.6. The van der Waals surface area contributed by atoms with Gasteiger partial charge in [-0.15, -0.1) is 0 Å². The maximum Gasteiger partial charge on any atom is 0.147 e. The van der Waals surface area contributed by atoms with Gasteiger partial charge in [-0.25, -0.2) is 4.39 Å². The van der Waals surface area contributed by atoms with Crippen LogP contribution in [0.5, 0.6) is 0 Å². The Kier molecular flexibility index (Phi) is 2.96. The van der Waals surface area contributed by atoms with Gasteiger partial charge in [0.1, 0.15) is 17.6 Å². The quantitative estimate of drug-likeness (QED) is 0.798. The van der Waals surface area contributed by atoms with Crippen LogP contribution in [-0.2, 0) is 10.3 Å². The highest BCUT2D eigenvalue weighted by molar-refractivity contribution is 5.66. The molecule has 2 aromatic rings. The Balaban J connectivity index is 2.15. The molecule has 104 valence electrons. The van der Waals surface area contributed by atoms with Gasteiger partial charge in [-0.3, -0.25) is 4.68 Å². The van der Waals surface area contributed by atoms with E-state index in [9.17, 15) is 9.18 Å². The van der Waals surface area contributed by atoms with Gasteiger partial charge in [0.25, 0.3) is 0 Å². The van der Waals surface area contributed by atoms with Gasteiger partial charge in [-0.1, -0.05) is 12.1 Å². The molecule has 1 aromatic carbocycles. The Bertz CT molecular complexity index is 656. The highest BCUT2D eigenvalue weighted by Crippen LogP contribution is 2.44. The zero-order chi connectivity index (χ0) is 14.3. The number of carbonyl (C=O) groups is 1. The lowest BCUT2D eigenvalue weighted by molar-refractivity contribution is -0.114. The zero-order valence-electron chi connectivity index (χ0n) is 11.6. The van der Waals surface area contributed by atoms with Crippen molar-refractivity contribution in [3.63, 3.8) is 0 Å². The summed E-state index contributed by atoms with van der Waals surface area (Å²) in [6.07, 6.45) is 4.97. The summed E-state index contributed by atoms with van der Waals surface area (Å²) in [6.45, 7) is 3.60. The van der Waals surface area contributed by atoms with E-state index in [0.29, 0.717) is 17.2 Å². The van der Waals surface area contributed by atoms with Crippen LogP contribution in [0.1, 0.15) is 38.2 Å². The van der Waals surface area contributed by atoms with Gasteiger partial charge in [0.2, 0.25) is 0 Å². The molecule has 0 atom stereocenters. The van der Waals surface area contributed by atoms with Gasteiger partial charge in [-0.2, -0.15) is 5.10 Å².